The number of hydrogen-bond acceptors (Lipinski definition) is 8. The summed E-state index contributed by atoms with van der Waals surface area (Å²) < 4.78 is 5.29. The van der Waals surface area contributed by atoms with Gasteiger partial charge in [-0.15, -0.1) is 0 Å². The average molecular weight is 358 g/mol. The average Bonchev–Trinajstić information content (AvgIpc) is 2.62. The zero-order valence-electron chi connectivity index (χ0n) is 14.8. The van der Waals surface area contributed by atoms with Gasteiger partial charge in [0.15, 0.2) is 0 Å². The first-order valence-electron chi connectivity index (χ1n) is 8.46. The Bertz CT molecular complexity index is 805. The fourth-order valence-electron chi connectivity index (χ4n) is 2.95. The molecule has 1 aromatic carbocycles. The van der Waals surface area contributed by atoms with Crippen LogP contribution < -0.4 is 20.7 Å². The monoisotopic (exact) mass is 358 g/mol. The van der Waals surface area contributed by atoms with E-state index in [1.54, 1.807) is 18.2 Å². The van der Waals surface area contributed by atoms with Crippen molar-refractivity contribution in [3.8, 4) is 5.75 Å². The van der Waals surface area contributed by atoms with Gasteiger partial charge in [-0.2, -0.15) is 9.97 Å². The number of nitro groups is 1. The molecule has 0 amide bonds. The predicted molar refractivity (Wildman–Crippen MR) is 100.0 cm³/mol. The summed E-state index contributed by atoms with van der Waals surface area (Å²) in [4.78, 5) is 21.5. The van der Waals surface area contributed by atoms with E-state index in [0.29, 0.717) is 23.3 Å². The van der Waals surface area contributed by atoms with Crippen LogP contribution in [-0.2, 0) is 0 Å². The molecule has 1 saturated heterocycles. The molecule has 0 unspecified atom stereocenters. The largest absolute Gasteiger partial charge is 0.495 e. The Kier molecular flexibility index (Phi) is 5.06. The summed E-state index contributed by atoms with van der Waals surface area (Å²) in [5, 5.41) is 14.5. The van der Waals surface area contributed by atoms with E-state index in [9.17, 15) is 10.1 Å². The highest BCUT2D eigenvalue weighted by Crippen LogP contribution is 2.35. The number of rotatable bonds is 5. The van der Waals surface area contributed by atoms with Gasteiger partial charge in [0.05, 0.1) is 17.7 Å². The normalized spacial score (nSPS) is 14.9. The highest BCUT2D eigenvalue weighted by atomic mass is 16.6. The lowest BCUT2D eigenvalue weighted by atomic mass is 10.00. The van der Waals surface area contributed by atoms with Crippen LogP contribution in [0.3, 0.4) is 0 Å². The van der Waals surface area contributed by atoms with Crippen LogP contribution in [0.4, 0.5) is 29.0 Å². The van der Waals surface area contributed by atoms with Crippen LogP contribution in [0.1, 0.15) is 19.8 Å². The molecule has 9 heteroatoms. The molecule has 0 atom stereocenters. The van der Waals surface area contributed by atoms with Gasteiger partial charge in [-0.25, -0.2) is 0 Å². The number of para-hydroxylation sites is 2. The third-order valence-electron chi connectivity index (χ3n) is 4.51. The van der Waals surface area contributed by atoms with Gasteiger partial charge >= 0.3 is 5.69 Å². The maximum atomic E-state index is 11.5. The number of nitrogens with one attached hydrogen (secondary N) is 1. The number of piperidine rings is 1. The summed E-state index contributed by atoms with van der Waals surface area (Å²) in [7, 11) is 1.53. The molecule has 0 saturated carbocycles. The standard InChI is InChI=1S/C17H22N6O3/c1-11-7-9-22(10-8-11)17-20-15(18)14(23(24)25)16(21-17)19-12-5-3-4-6-13(12)26-2/h3-6,11H,7-10H2,1-2H3,(H3,18,19,20,21). The van der Waals surface area contributed by atoms with Crippen molar-refractivity contribution in [2.45, 2.75) is 19.8 Å². The molecule has 2 aromatic rings. The second-order valence-corrected chi connectivity index (χ2v) is 6.36. The van der Waals surface area contributed by atoms with Crippen molar-refractivity contribution in [3.05, 3.63) is 34.4 Å². The second-order valence-electron chi connectivity index (χ2n) is 6.36. The predicted octanol–water partition coefficient (Wildman–Crippen LogP) is 2.96. The highest BCUT2D eigenvalue weighted by molar-refractivity contribution is 5.76. The Balaban J connectivity index is 2.00. The van der Waals surface area contributed by atoms with Crippen molar-refractivity contribution < 1.29 is 9.66 Å². The van der Waals surface area contributed by atoms with Crippen molar-refractivity contribution in [1.82, 2.24) is 9.97 Å². The lowest BCUT2D eigenvalue weighted by Crippen LogP contribution is -2.34. The van der Waals surface area contributed by atoms with Crippen LogP contribution >= 0.6 is 0 Å². The van der Waals surface area contributed by atoms with Crippen LogP contribution in [0.5, 0.6) is 5.75 Å². The van der Waals surface area contributed by atoms with Crippen LogP contribution in [0.15, 0.2) is 24.3 Å². The van der Waals surface area contributed by atoms with E-state index in [4.69, 9.17) is 10.5 Å². The molecule has 9 nitrogen and oxygen atoms in total. The quantitative estimate of drug-likeness (QED) is 0.618. The van der Waals surface area contributed by atoms with Crippen LogP contribution in [0.25, 0.3) is 0 Å². The highest BCUT2D eigenvalue weighted by Gasteiger charge is 2.27. The number of aromatic nitrogens is 2. The molecule has 1 fully saturated rings. The molecule has 3 N–H and O–H groups in total. The molecule has 0 aliphatic carbocycles. The van der Waals surface area contributed by atoms with Crippen molar-refractivity contribution >= 4 is 29.0 Å². The smallest absolute Gasteiger partial charge is 0.353 e. The minimum Gasteiger partial charge on any atom is -0.495 e. The summed E-state index contributed by atoms with van der Waals surface area (Å²) in [6.45, 7) is 3.80. The van der Waals surface area contributed by atoms with Gasteiger partial charge < -0.3 is 20.7 Å². The molecule has 1 aromatic heterocycles. The fourth-order valence-corrected chi connectivity index (χ4v) is 2.95. The summed E-state index contributed by atoms with van der Waals surface area (Å²) in [6.07, 6.45) is 2.05. The van der Waals surface area contributed by atoms with Gasteiger partial charge in [-0.3, -0.25) is 10.1 Å². The molecule has 138 valence electrons. The second kappa shape index (κ2) is 7.42. The van der Waals surface area contributed by atoms with Crippen molar-refractivity contribution in [2.24, 2.45) is 5.92 Å². The maximum absolute atomic E-state index is 11.5. The van der Waals surface area contributed by atoms with E-state index in [1.165, 1.54) is 7.11 Å². The van der Waals surface area contributed by atoms with Crippen LogP contribution in [0.2, 0.25) is 0 Å². The van der Waals surface area contributed by atoms with E-state index in [0.717, 1.165) is 25.9 Å². The van der Waals surface area contributed by atoms with Gasteiger partial charge in [-0.05, 0) is 30.9 Å². The van der Waals surface area contributed by atoms with E-state index >= 15 is 0 Å². The van der Waals surface area contributed by atoms with Gasteiger partial charge in [0.1, 0.15) is 5.75 Å². The number of ether oxygens (including phenoxy) is 1. The molecule has 1 aliphatic heterocycles. The summed E-state index contributed by atoms with van der Waals surface area (Å²) in [5.74, 6) is 1.49. The van der Waals surface area contributed by atoms with Crippen LogP contribution in [0, 0.1) is 16.0 Å². The summed E-state index contributed by atoms with van der Waals surface area (Å²) in [5.41, 5.74) is 6.11. The number of anilines is 4. The number of benzene rings is 1. The zero-order chi connectivity index (χ0) is 18.7. The van der Waals surface area contributed by atoms with Gasteiger partial charge in [0, 0.05) is 13.1 Å². The van der Waals surface area contributed by atoms with Crippen molar-refractivity contribution in [3.63, 3.8) is 0 Å². The zero-order valence-corrected chi connectivity index (χ0v) is 14.8. The van der Waals surface area contributed by atoms with Crippen LogP contribution in [-0.4, -0.2) is 35.1 Å². The number of nitrogens with two attached hydrogens (primary N) is 1. The molecule has 3 rings (SSSR count). The third-order valence-corrected chi connectivity index (χ3v) is 4.51. The molecule has 0 radical (unpaired) electrons. The molecule has 0 bridgehead atoms. The maximum Gasteiger partial charge on any atom is 0.353 e. The Morgan fingerprint density at radius 1 is 1.31 bits per heavy atom. The van der Waals surface area contributed by atoms with E-state index in [2.05, 4.69) is 22.2 Å². The van der Waals surface area contributed by atoms with E-state index in [1.807, 2.05) is 11.0 Å². The van der Waals surface area contributed by atoms with Gasteiger partial charge in [-0.1, -0.05) is 19.1 Å². The Morgan fingerprint density at radius 3 is 2.65 bits per heavy atom. The summed E-state index contributed by atoms with van der Waals surface area (Å²) >= 11 is 0. The summed E-state index contributed by atoms with van der Waals surface area (Å²) in [6, 6.07) is 7.12. The lowest BCUT2D eigenvalue weighted by Gasteiger charge is -2.30. The minimum absolute atomic E-state index is 0.0561. The minimum atomic E-state index is -0.574. The molecule has 1 aliphatic rings. The number of nitrogens with zero attached hydrogens (tertiary/aromatic N) is 4. The van der Waals surface area contributed by atoms with E-state index in [-0.39, 0.29) is 17.3 Å². The van der Waals surface area contributed by atoms with Gasteiger partial charge in [0.25, 0.3) is 0 Å². The Morgan fingerprint density at radius 2 is 2.00 bits per heavy atom. The van der Waals surface area contributed by atoms with E-state index < -0.39 is 4.92 Å². The first-order chi connectivity index (χ1) is 12.5. The SMILES string of the molecule is COc1ccccc1Nc1nc(N2CCC(C)CC2)nc(N)c1[N+](=O)[O-]. The molecule has 0 spiro atoms. The first-order valence-corrected chi connectivity index (χ1v) is 8.46. The van der Waals surface area contributed by atoms with Gasteiger partial charge in [0.2, 0.25) is 17.6 Å². The molecular formula is C17H22N6O3. The number of nitrogen functional groups attached to an aromatic ring is 1. The molecule has 2 heterocycles. The number of hydrogen-bond donors (Lipinski definition) is 2. The van der Waals surface area contributed by atoms with Crippen molar-refractivity contribution in [1.29, 1.82) is 0 Å². The first kappa shape index (κ1) is 17.7. The molecule has 26 heavy (non-hydrogen) atoms. The Labute approximate surface area is 151 Å². The fraction of sp³-hybridized carbons (Fsp3) is 0.412. The third kappa shape index (κ3) is 3.61. The Hall–Kier alpha value is -3.10. The molecular weight excluding hydrogens is 336 g/mol. The number of methoxy groups -OCH3 is 1. The van der Waals surface area contributed by atoms with Crippen molar-refractivity contribution in [2.75, 3.05) is 36.1 Å². The lowest BCUT2D eigenvalue weighted by molar-refractivity contribution is -0.383. The topological polar surface area (TPSA) is 119 Å².